The summed E-state index contributed by atoms with van der Waals surface area (Å²) >= 11 is 0. The molecular weight excluding hydrogens is 876 g/mol. The van der Waals surface area contributed by atoms with Crippen molar-refractivity contribution in [2.75, 3.05) is 9.71 Å². The summed E-state index contributed by atoms with van der Waals surface area (Å²) in [6, 6.07) is 47.1. The Labute approximate surface area is 427 Å². The molecule has 5 heteroatoms. The number of hydrogen-bond donors (Lipinski definition) is 0. The maximum Gasteiger partial charge on any atom is 0.375 e. The summed E-state index contributed by atoms with van der Waals surface area (Å²) < 4.78 is 14.7. The van der Waals surface area contributed by atoms with Gasteiger partial charge in [0, 0.05) is 56.0 Å². The summed E-state index contributed by atoms with van der Waals surface area (Å²) in [5.41, 5.74) is 25.0. The molecule has 2 aromatic heterocycles. The number of anilines is 5. The molecule has 9 aromatic rings. The molecule has 0 fully saturated rings. The zero-order chi connectivity index (χ0) is 50.6. The van der Waals surface area contributed by atoms with Gasteiger partial charge in [0.05, 0.1) is 5.69 Å². The van der Waals surface area contributed by atoms with Crippen molar-refractivity contribution in [2.45, 2.75) is 149 Å². The minimum Gasteiger partial charge on any atom is -0.466 e. The van der Waals surface area contributed by atoms with Gasteiger partial charge >= 0.3 is 6.85 Å². The largest absolute Gasteiger partial charge is 0.466 e. The number of fused-ring (bicyclic) bond motifs is 14. The van der Waals surface area contributed by atoms with Gasteiger partial charge in [0.25, 0.3) is 0 Å². The molecule has 2 aliphatic carbocycles. The molecule has 4 heterocycles. The molecule has 0 saturated heterocycles. The summed E-state index contributed by atoms with van der Waals surface area (Å²) in [6.45, 7) is 35.0. The molecule has 0 amide bonds. The van der Waals surface area contributed by atoms with Crippen LogP contribution >= 0.6 is 0 Å². The van der Waals surface area contributed by atoms with E-state index in [2.05, 4.69) is 235 Å². The fourth-order valence-corrected chi connectivity index (χ4v) is 13.4. The lowest BCUT2D eigenvalue weighted by molar-refractivity contribution is 0.332. The molecule has 4 aliphatic rings. The lowest BCUT2D eigenvalue weighted by Gasteiger charge is -2.45. The highest BCUT2D eigenvalue weighted by atomic mass is 16.3. The first kappa shape index (κ1) is 45.4. The Morgan fingerprint density at radius 1 is 0.472 bits per heavy atom. The third-order valence-electron chi connectivity index (χ3n) is 17.8. The Balaban J connectivity index is 1.20. The first-order valence-electron chi connectivity index (χ1n) is 26.6. The van der Waals surface area contributed by atoms with E-state index in [0.717, 1.165) is 68.8 Å². The fourth-order valence-electron chi connectivity index (χ4n) is 13.4. The van der Waals surface area contributed by atoms with Gasteiger partial charge in [-0.15, -0.1) is 0 Å². The molecule has 0 radical (unpaired) electrons. The molecular formula is C67H69BN2O2. The van der Waals surface area contributed by atoms with E-state index in [-0.39, 0.29) is 39.3 Å². The number of rotatable bonds is 2. The van der Waals surface area contributed by atoms with Gasteiger partial charge in [0.2, 0.25) is 0 Å². The third kappa shape index (κ3) is 6.31. The van der Waals surface area contributed by atoms with Gasteiger partial charge in [0.1, 0.15) is 22.4 Å². The molecule has 0 spiro atoms. The Kier molecular flexibility index (Phi) is 9.08. The van der Waals surface area contributed by atoms with Crippen molar-refractivity contribution < 1.29 is 8.83 Å². The predicted octanol–water partition coefficient (Wildman–Crippen LogP) is 17.6. The highest BCUT2D eigenvalue weighted by molar-refractivity contribution is 6.93. The van der Waals surface area contributed by atoms with Crippen molar-refractivity contribution in [2.24, 2.45) is 0 Å². The first-order valence-corrected chi connectivity index (χ1v) is 26.6. The van der Waals surface area contributed by atoms with Crippen molar-refractivity contribution in [3.63, 3.8) is 0 Å². The molecule has 0 N–H and O–H groups in total. The first-order chi connectivity index (χ1) is 33.8. The minimum atomic E-state index is -0.311. The van der Waals surface area contributed by atoms with E-state index >= 15 is 0 Å². The van der Waals surface area contributed by atoms with Crippen LogP contribution in [0.3, 0.4) is 0 Å². The Bertz CT molecular complexity index is 3780. The number of benzene rings is 7. The highest BCUT2D eigenvalue weighted by Gasteiger charge is 2.52. The number of furan rings is 2. The van der Waals surface area contributed by atoms with Crippen molar-refractivity contribution in [3.8, 4) is 22.3 Å². The highest BCUT2D eigenvalue weighted by Crippen LogP contribution is 2.59. The van der Waals surface area contributed by atoms with Crippen LogP contribution in [0.15, 0.2) is 130 Å². The van der Waals surface area contributed by atoms with E-state index in [1.807, 2.05) is 0 Å². The quantitative estimate of drug-likeness (QED) is 0.162. The van der Waals surface area contributed by atoms with E-state index in [9.17, 15) is 0 Å². The second kappa shape index (κ2) is 14.4. The molecule has 7 aromatic carbocycles. The maximum atomic E-state index is 7.54. The van der Waals surface area contributed by atoms with Gasteiger partial charge in [-0.3, -0.25) is 0 Å². The van der Waals surface area contributed by atoms with Gasteiger partial charge < -0.3 is 18.5 Å². The van der Waals surface area contributed by atoms with Crippen LogP contribution in [-0.4, -0.2) is 6.85 Å². The van der Waals surface area contributed by atoms with Crippen LogP contribution < -0.4 is 20.8 Å². The van der Waals surface area contributed by atoms with Gasteiger partial charge in [-0.2, -0.15) is 0 Å². The number of nitrogens with zero attached hydrogens (tertiary/aromatic N) is 2. The van der Waals surface area contributed by atoms with Crippen molar-refractivity contribution in [3.05, 3.63) is 160 Å². The van der Waals surface area contributed by atoms with Crippen molar-refractivity contribution in [1.29, 1.82) is 0 Å². The van der Waals surface area contributed by atoms with Gasteiger partial charge in [-0.25, -0.2) is 0 Å². The van der Waals surface area contributed by atoms with Crippen LogP contribution in [0.4, 0.5) is 28.4 Å². The summed E-state index contributed by atoms with van der Waals surface area (Å²) in [7, 11) is 0. The zero-order valence-corrected chi connectivity index (χ0v) is 45.2. The fraction of sp³-hybridized carbons (Fsp3) is 0.343. The monoisotopic (exact) mass is 945 g/mol. The lowest BCUT2D eigenvalue weighted by atomic mass is 9.45. The minimum absolute atomic E-state index is 0.00323. The van der Waals surface area contributed by atoms with Crippen molar-refractivity contribution >= 4 is 79.3 Å². The van der Waals surface area contributed by atoms with Crippen LogP contribution in [0, 0.1) is 0 Å². The molecule has 0 saturated carbocycles. The maximum absolute atomic E-state index is 7.54. The molecule has 0 bridgehead atoms. The summed E-state index contributed by atoms with van der Waals surface area (Å²) in [5, 5.41) is 3.48. The van der Waals surface area contributed by atoms with E-state index in [1.165, 1.54) is 77.7 Å². The summed E-state index contributed by atoms with van der Waals surface area (Å²) in [5.74, 6) is 0. The molecule has 4 nitrogen and oxygen atoms in total. The second-order valence-corrected chi connectivity index (χ2v) is 26.9. The third-order valence-corrected chi connectivity index (χ3v) is 17.8. The molecule has 0 unspecified atom stereocenters. The average molecular weight is 945 g/mol. The Morgan fingerprint density at radius 2 is 1.04 bits per heavy atom. The van der Waals surface area contributed by atoms with Crippen LogP contribution in [-0.2, 0) is 32.5 Å². The topological polar surface area (TPSA) is 32.8 Å². The van der Waals surface area contributed by atoms with E-state index in [0.29, 0.717) is 0 Å². The van der Waals surface area contributed by atoms with E-state index < -0.39 is 0 Å². The molecule has 362 valence electrons. The molecule has 2 aliphatic heterocycles. The van der Waals surface area contributed by atoms with E-state index in [1.54, 1.807) is 0 Å². The second-order valence-electron chi connectivity index (χ2n) is 26.9. The lowest BCUT2D eigenvalue weighted by Crippen LogP contribution is -2.61. The van der Waals surface area contributed by atoms with Gasteiger partial charge in [-0.05, 0) is 162 Å². The summed E-state index contributed by atoms with van der Waals surface area (Å²) in [4.78, 5) is 5.17. The van der Waals surface area contributed by atoms with Crippen LogP contribution in [0.5, 0.6) is 0 Å². The summed E-state index contributed by atoms with van der Waals surface area (Å²) in [6.07, 6.45) is 2.31. The normalized spacial score (nSPS) is 17.2. The smallest absolute Gasteiger partial charge is 0.375 e. The van der Waals surface area contributed by atoms with Gasteiger partial charge in [0.15, 0.2) is 0 Å². The Morgan fingerprint density at radius 3 is 1.68 bits per heavy atom. The zero-order valence-electron chi connectivity index (χ0n) is 45.2. The molecule has 72 heavy (non-hydrogen) atoms. The number of hydrogen-bond acceptors (Lipinski definition) is 4. The van der Waals surface area contributed by atoms with Crippen molar-refractivity contribution in [1.82, 2.24) is 0 Å². The van der Waals surface area contributed by atoms with Crippen LogP contribution in [0.1, 0.15) is 156 Å². The predicted molar refractivity (Wildman–Crippen MR) is 306 cm³/mol. The SMILES string of the molecule is CC(C)(C)c1ccc(N2B3c4oc5ccc(C(C)(C)C)cc5c4N(c4ccc(C(C)(C)C)cc4)c4cc5c(c(c43)-c3cc4c(cc32)oc2cc3c(cc24)C(C)(C)CCC3(C)C)C(C)(C)c2ccccc2-5)cc1. The average Bonchev–Trinajstić information content (AvgIpc) is 3.95. The van der Waals surface area contributed by atoms with E-state index in [4.69, 9.17) is 8.83 Å². The Hall–Kier alpha value is -6.46. The van der Waals surface area contributed by atoms with Gasteiger partial charge in [-0.1, -0.05) is 158 Å². The molecule has 13 rings (SSSR count). The van der Waals surface area contributed by atoms with Crippen LogP contribution in [0.2, 0.25) is 0 Å². The standard InChI is InChI=1S/C67H69BN2O2/c1-62(2,3)38-20-25-41(26-21-38)69-53-35-46-43-18-16-17-19-49(43)67(14,15)58(46)57-47-33-44-45-34-50-51(66(12,13)31-30-65(50,10)11)36-55(45)71-56(44)37-52(47)70(42-27-22-39(23-28-42)63(4,5)6)68(59(53)57)61-60(69)48-32-40(64(7,8)9)24-29-54(48)72-61/h16-29,32-37H,30-31H2,1-15H3. The van der Waals surface area contributed by atoms with Crippen LogP contribution in [0.25, 0.3) is 55.2 Å². The molecule has 0 atom stereocenters.